The molecular formula is C29H30O5S. The number of rotatable bonds is 4. The second kappa shape index (κ2) is 9.50. The van der Waals surface area contributed by atoms with Gasteiger partial charge >= 0.3 is 0 Å². The molecule has 0 heterocycles. The summed E-state index contributed by atoms with van der Waals surface area (Å²) in [5.41, 5.74) is -0.394. The van der Waals surface area contributed by atoms with E-state index < -0.39 is 11.4 Å². The van der Waals surface area contributed by atoms with Crippen LogP contribution in [-0.4, -0.2) is 21.3 Å². The molecule has 0 radical (unpaired) electrons. The molecule has 0 saturated heterocycles. The highest BCUT2D eigenvalue weighted by Crippen LogP contribution is 2.59. The lowest BCUT2D eigenvalue weighted by Gasteiger charge is -2.57. The fraction of sp³-hybridized carbons (Fsp3) is 0.345. The predicted octanol–water partition coefficient (Wildman–Crippen LogP) is 4.85. The van der Waals surface area contributed by atoms with Crippen LogP contribution in [0.25, 0.3) is 0 Å². The predicted molar refractivity (Wildman–Crippen MR) is 132 cm³/mol. The van der Waals surface area contributed by atoms with Gasteiger partial charge in [0.1, 0.15) is 17.2 Å². The molecule has 0 unspecified atom stereocenters. The summed E-state index contributed by atoms with van der Waals surface area (Å²) in [6, 6.07) is 21.3. The number of carbonyl (C=O) groups is 1. The van der Waals surface area contributed by atoms with Gasteiger partial charge in [-0.05, 0) is 129 Å². The van der Waals surface area contributed by atoms with E-state index >= 15 is 0 Å². The highest BCUT2D eigenvalue weighted by atomic mass is 32.2. The maximum Gasteiger partial charge on any atom is 0.166 e. The van der Waals surface area contributed by atoms with Crippen LogP contribution in [0.2, 0.25) is 0 Å². The third-order valence-corrected chi connectivity index (χ3v) is 9.92. The van der Waals surface area contributed by atoms with Crippen LogP contribution in [0.4, 0.5) is 0 Å². The Morgan fingerprint density at radius 2 is 0.914 bits per heavy atom. The second-order valence-corrected chi connectivity index (χ2v) is 12.3. The number of carboxylic acid groups (broad SMARTS) is 1. The van der Waals surface area contributed by atoms with Crippen molar-refractivity contribution in [2.75, 3.05) is 0 Å². The number of benzene rings is 3. The molecule has 3 aromatic rings. The van der Waals surface area contributed by atoms with E-state index in [2.05, 4.69) is 0 Å². The first kappa shape index (κ1) is 23.6. The molecule has 0 spiro atoms. The molecule has 3 N–H and O–H groups in total. The molecule has 6 heteroatoms. The highest BCUT2D eigenvalue weighted by Gasteiger charge is 2.51. The van der Waals surface area contributed by atoms with Gasteiger partial charge in [-0.15, -0.1) is 0 Å². The Morgan fingerprint density at radius 3 is 1.17 bits per heavy atom. The van der Waals surface area contributed by atoms with Crippen LogP contribution in [0.5, 0.6) is 17.2 Å². The maximum atomic E-state index is 11.1. The van der Waals surface area contributed by atoms with Crippen LogP contribution in [0.3, 0.4) is 0 Å². The van der Waals surface area contributed by atoms with E-state index in [0.29, 0.717) is 17.8 Å². The smallest absolute Gasteiger partial charge is 0.166 e. The van der Waals surface area contributed by atoms with Gasteiger partial charge in [-0.2, -0.15) is 0 Å². The lowest BCUT2D eigenvalue weighted by molar-refractivity contribution is -0.327. The Bertz CT molecular complexity index is 1030. The van der Waals surface area contributed by atoms with Crippen molar-refractivity contribution in [3.63, 3.8) is 0 Å². The lowest BCUT2D eigenvalue weighted by Crippen LogP contribution is -2.54. The molecule has 3 aromatic carbocycles. The van der Waals surface area contributed by atoms with Gasteiger partial charge in [0.15, 0.2) is 14.7 Å². The summed E-state index contributed by atoms with van der Waals surface area (Å²) in [5, 5.41) is 39.6. The molecule has 0 atom stereocenters. The Morgan fingerprint density at radius 1 is 0.629 bits per heavy atom. The molecule has 35 heavy (non-hydrogen) atoms. The quantitative estimate of drug-likeness (QED) is 0.454. The zero-order valence-electron chi connectivity index (χ0n) is 19.5. The minimum atomic E-state index is -0.758. The molecule has 5 nitrogen and oxygen atoms in total. The number of aliphatic carboxylic acids is 1. The van der Waals surface area contributed by atoms with Crippen molar-refractivity contribution in [3.05, 3.63) is 72.8 Å². The Hall–Kier alpha value is -3.12. The van der Waals surface area contributed by atoms with E-state index in [1.165, 1.54) is 19.3 Å². The van der Waals surface area contributed by atoms with Crippen LogP contribution in [0.15, 0.2) is 87.5 Å². The summed E-state index contributed by atoms with van der Waals surface area (Å²) in [6.45, 7) is 0. The molecule has 4 aliphatic carbocycles. The Balaban J connectivity index is 0.000000164. The zero-order valence-corrected chi connectivity index (χ0v) is 20.3. The second-order valence-electron chi connectivity index (χ2n) is 10.3. The molecule has 7 rings (SSSR count). The molecule has 4 saturated carbocycles. The summed E-state index contributed by atoms with van der Waals surface area (Å²) in [4.78, 5) is 14.3. The summed E-state index contributed by atoms with van der Waals surface area (Å²) in [5.74, 6) is 2.06. The van der Waals surface area contributed by atoms with E-state index in [0.717, 1.165) is 33.9 Å². The maximum absolute atomic E-state index is 11.1. The van der Waals surface area contributed by atoms with Gasteiger partial charge in [0.25, 0.3) is 0 Å². The zero-order chi connectivity index (χ0) is 24.6. The monoisotopic (exact) mass is 490 g/mol. The van der Waals surface area contributed by atoms with Crippen molar-refractivity contribution in [2.45, 2.75) is 53.2 Å². The number of carboxylic acids is 1. The third-order valence-electron chi connectivity index (χ3n) is 7.69. The van der Waals surface area contributed by atoms with Crippen molar-refractivity contribution < 1.29 is 25.2 Å². The van der Waals surface area contributed by atoms with E-state index in [-0.39, 0.29) is 28.1 Å². The van der Waals surface area contributed by atoms with Gasteiger partial charge in [0, 0.05) is 11.4 Å². The number of phenols is 3. The molecule has 4 aliphatic rings. The van der Waals surface area contributed by atoms with Crippen molar-refractivity contribution in [2.24, 2.45) is 23.2 Å². The number of hydrogen-bond donors (Lipinski definition) is 3. The Kier molecular flexibility index (Phi) is 6.41. The van der Waals surface area contributed by atoms with Crippen molar-refractivity contribution in [1.82, 2.24) is 0 Å². The first-order valence-electron chi connectivity index (χ1n) is 12.1. The third kappa shape index (κ3) is 4.98. The van der Waals surface area contributed by atoms with Crippen LogP contribution >= 0.6 is 0 Å². The van der Waals surface area contributed by atoms with Crippen molar-refractivity contribution in [1.29, 1.82) is 0 Å². The fourth-order valence-electron chi connectivity index (χ4n) is 6.52. The van der Waals surface area contributed by atoms with Crippen LogP contribution in [0.1, 0.15) is 38.5 Å². The molecular weight excluding hydrogens is 460 g/mol. The van der Waals surface area contributed by atoms with E-state index in [9.17, 15) is 25.2 Å². The average Bonchev–Trinajstić information content (AvgIpc) is 2.82. The van der Waals surface area contributed by atoms with Crippen LogP contribution in [0, 0.1) is 23.2 Å². The van der Waals surface area contributed by atoms with Gasteiger partial charge in [0.2, 0.25) is 0 Å². The SMILES string of the molecule is O=C([O-])C12CC3CC(CC(C3)C1)C2.Oc1ccc([S+](c2ccc(O)cc2)c2ccc(O)cc2)cc1. The van der Waals surface area contributed by atoms with E-state index in [1.54, 1.807) is 36.4 Å². The number of aromatic hydroxyl groups is 3. The first-order chi connectivity index (χ1) is 16.8. The normalized spacial score (nSPS) is 26.3. The van der Waals surface area contributed by atoms with Gasteiger partial charge in [-0.1, -0.05) is 0 Å². The minimum absolute atomic E-state index is 0.226. The van der Waals surface area contributed by atoms with E-state index in [1.807, 2.05) is 36.4 Å². The lowest BCUT2D eigenvalue weighted by atomic mass is 9.49. The standard InChI is InChI=1S/C18H14O3S.C11H16O2/c19-13-1-7-16(8-2-13)22(17-9-3-14(20)4-10-17)18-11-5-15(21)6-12-18;12-10(13)11-4-7-1-8(5-11)3-9(2-7)6-11/h1-12H,(H2-,19,20,21);7-9H,1-6H2,(H,12,13). The van der Waals surface area contributed by atoms with Gasteiger partial charge in [-0.3, -0.25) is 0 Å². The highest BCUT2D eigenvalue weighted by molar-refractivity contribution is 7.97. The molecule has 4 fully saturated rings. The number of carbonyl (C=O) groups excluding carboxylic acids is 1. The molecule has 0 aromatic heterocycles. The number of phenolic OH excluding ortho intramolecular Hbond substituents is 3. The van der Waals surface area contributed by atoms with E-state index in [4.69, 9.17) is 0 Å². The van der Waals surface area contributed by atoms with Gasteiger partial charge in [0.05, 0.1) is 10.9 Å². The Labute approximate surface area is 208 Å². The summed E-state index contributed by atoms with van der Waals surface area (Å²) >= 11 is 0. The topological polar surface area (TPSA) is 101 Å². The van der Waals surface area contributed by atoms with Gasteiger partial charge in [-0.25, -0.2) is 0 Å². The summed E-state index contributed by atoms with van der Waals surface area (Å²) in [7, 11) is -0.373. The molecule has 182 valence electrons. The fourth-order valence-corrected chi connectivity index (χ4v) is 8.56. The van der Waals surface area contributed by atoms with Crippen LogP contribution < -0.4 is 5.11 Å². The molecule has 4 bridgehead atoms. The largest absolute Gasteiger partial charge is 0.550 e. The first-order valence-corrected chi connectivity index (χ1v) is 13.4. The number of hydrogen-bond acceptors (Lipinski definition) is 5. The molecule has 0 aliphatic heterocycles. The summed E-state index contributed by atoms with van der Waals surface area (Å²) < 4.78 is 0. The molecule has 0 amide bonds. The minimum Gasteiger partial charge on any atom is -0.550 e. The van der Waals surface area contributed by atoms with Gasteiger partial charge < -0.3 is 25.2 Å². The average molecular weight is 491 g/mol. The van der Waals surface area contributed by atoms with Crippen LogP contribution in [-0.2, 0) is 15.7 Å². The van der Waals surface area contributed by atoms with Crippen molar-refractivity contribution >= 4 is 16.9 Å². The summed E-state index contributed by atoms with van der Waals surface area (Å²) in [6.07, 6.45) is 6.65. The van der Waals surface area contributed by atoms with Crippen molar-refractivity contribution in [3.8, 4) is 17.2 Å².